The molecule has 0 saturated carbocycles. The molecule has 4 heterocycles. The molecule has 0 bridgehead atoms. The SMILES string of the molecule is COc1ccc(C(=O)N2C[C@@H]3OCC(Oc4cccc5cnccc45)CO[C@H]3C2)cn1. The molecule has 0 N–H and O–H groups in total. The van der Waals surface area contributed by atoms with Gasteiger partial charge in [0, 0.05) is 48.5 Å². The number of pyridine rings is 2. The molecule has 160 valence electrons. The molecule has 8 heteroatoms. The Balaban J connectivity index is 1.21. The standard InChI is InChI=1S/C23H23N3O5/c1-28-22-6-5-16(10-25-22)23(27)26-11-20-21(12-26)30-14-17(13-29-20)31-19-4-2-3-15-9-24-8-7-18(15)19/h2-10,17,20-21H,11-14H2,1H3/t20-,21-/m0/s1. The van der Waals surface area contributed by atoms with Crippen molar-refractivity contribution in [2.24, 2.45) is 0 Å². The summed E-state index contributed by atoms with van der Waals surface area (Å²) < 4.78 is 23.4. The summed E-state index contributed by atoms with van der Waals surface area (Å²) in [7, 11) is 1.54. The molecular formula is C23H23N3O5. The van der Waals surface area contributed by atoms with Crippen LogP contribution < -0.4 is 9.47 Å². The van der Waals surface area contributed by atoms with Crippen LogP contribution >= 0.6 is 0 Å². The average molecular weight is 421 g/mol. The van der Waals surface area contributed by atoms with Crippen molar-refractivity contribution in [3.05, 3.63) is 60.6 Å². The first-order valence-corrected chi connectivity index (χ1v) is 10.2. The minimum absolute atomic E-state index is 0.0902. The zero-order valence-electron chi connectivity index (χ0n) is 17.1. The molecule has 3 aromatic rings. The molecule has 0 aliphatic carbocycles. The van der Waals surface area contributed by atoms with Gasteiger partial charge in [-0.25, -0.2) is 4.98 Å². The lowest BCUT2D eigenvalue weighted by molar-refractivity contribution is -0.00461. The monoisotopic (exact) mass is 421 g/mol. The summed E-state index contributed by atoms with van der Waals surface area (Å²) in [5.41, 5.74) is 0.518. The molecular weight excluding hydrogens is 398 g/mol. The maximum absolute atomic E-state index is 12.8. The maximum atomic E-state index is 12.8. The number of benzene rings is 1. The number of aromatic nitrogens is 2. The van der Waals surface area contributed by atoms with Crippen LogP contribution in [0.5, 0.6) is 11.6 Å². The molecule has 31 heavy (non-hydrogen) atoms. The van der Waals surface area contributed by atoms with Crippen molar-refractivity contribution in [1.82, 2.24) is 14.9 Å². The Morgan fingerprint density at radius 1 is 1.06 bits per heavy atom. The first-order chi connectivity index (χ1) is 15.2. The minimum atomic E-state index is -0.223. The Bertz CT molecular complexity index is 1050. The van der Waals surface area contributed by atoms with Gasteiger partial charge in [-0.05, 0) is 18.2 Å². The highest BCUT2D eigenvalue weighted by molar-refractivity contribution is 5.94. The highest BCUT2D eigenvalue weighted by atomic mass is 16.6. The fourth-order valence-corrected chi connectivity index (χ4v) is 3.99. The number of hydrogen-bond acceptors (Lipinski definition) is 7. The summed E-state index contributed by atoms with van der Waals surface area (Å²) in [6, 6.07) is 11.2. The number of likely N-dealkylation sites (tertiary alicyclic amines) is 1. The van der Waals surface area contributed by atoms with E-state index in [1.54, 1.807) is 30.3 Å². The highest BCUT2D eigenvalue weighted by Gasteiger charge is 2.40. The van der Waals surface area contributed by atoms with Gasteiger partial charge in [-0.1, -0.05) is 12.1 Å². The Labute approximate surface area is 179 Å². The van der Waals surface area contributed by atoms with Crippen LogP contribution in [0.4, 0.5) is 0 Å². The molecule has 2 aliphatic heterocycles. The van der Waals surface area contributed by atoms with E-state index in [1.165, 1.54) is 6.20 Å². The molecule has 8 nitrogen and oxygen atoms in total. The second-order valence-corrected chi connectivity index (χ2v) is 7.64. The normalized spacial score (nSPS) is 21.5. The molecule has 0 spiro atoms. The maximum Gasteiger partial charge on any atom is 0.255 e. The van der Waals surface area contributed by atoms with Gasteiger partial charge < -0.3 is 23.8 Å². The summed E-state index contributed by atoms with van der Waals surface area (Å²) in [5.74, 6) is 1.17. The van der Waals surface area contributed by atoms with Crippen LogP contribution in [-0.4, -0.2) is 72.5 Å². The summed E-state index contributed by atoms with van der Waals surface area (Å²) >= 11 is 0. The van der Waals surface area contributed by atoms with Gasteiger partial charge in [0.1, 0.15) is 24.1 Å². The van der Waals surface area contributed by atoms with Crippen molar-refractivity contribution in [1.29, 1.82) is 0 Å². The Hall–Kier alpha value is -3.23. The lowest BCUT2D eigenvalue weighted by Crippen LogP contribution is -2.33. The lowest BCUT2D eigenvalue weighted by Gasteiger charge is -2.20. The van der Waals surface area contributed by atoms with Gasteiger partial charge in [0.15, 0.2) is 0 Å². The summed E-state index contributed by atoms with van der Waals surface area (Å²) in [4.78, 5) is 22.8. The number of carbonyl (C=O) groups is 1. The van der Waals surface area contributed by atoms with Crippen molar-refractivity contribution in [2.75, 3.05) is 33.4 Å². The van der Waals surface area contributed by atoms with E-state index in [4.69, 9.17) is 18.9 Å². The molecule has 2 aromatic heterocycles. The van der Waals surface area contributed by atoms with Gasteiger partial charge in [0.05, 0.1) is 25.9 Å². The molecule has 2 saturated heterocycles. The molecule has 0 unspecified atom stereocenters. The smallest absolute Gasteiger partial charge is 0.255 e. The second-order valence-electron chi connectivity index (χ2n) is 7.64. The average Bonchev–Trinajstić information content (AvgIpc) is 3.14. The van der Waals surface area contributed by atoms with Gasteiger partial charge in [-0.2, -0.15) is 0 Å². The van der Waals surface area contributed by atoms with Crippen LogP contribution in [0.25, 0.3) is 10.8 Å². The Kier molecular flexibility index (Phi) is 5.40. The zero-order chi connectivity index (χ0) is 21.2. The van der Waals surface area contributed by atoms with E-state index < -0.39 is 0 Å². The van der Waals surface area contributed by atoms with Crippen molar-refractivity contribution in [3.63, 3.8) is 0 Å². The van der Waals surface area contributed by atoms with Crippen LogP contribution in [0.15, 0.2) is 55.0 Å². The fourth-order valence-electron chi connectivity index (χ4n) is 3.99. The van der Waals surface area contributed by atoms with Gasteiger partial charge in [-0.3, -0.25) is 9.78 Å². The third-order valence-corrected chi connectivity index (χ3v) is 5.62. The van der Waals surface area contributed by atoms with Crippen molar-refractivity contribution in [2.45, 2.75) is 18.3 Å². The van der Waals surface area contributed by atoms with E-state index in [0.29, 0.717) is 37.7 Å². The number of fused-ring (bicyclic) bond motifs is 2. The van der Waals surface area contributed by atoms with Gasteiger partial charge in [0.25, 0.3) is 5.91 Å². The summed E-state index contributed by atoms with van der Waals surface area (Å²) in [6.45, 7) is 1.74. The van der Waals surface area contributed by atoms with Crippen molar-refractivity contribution in [3.8, 4) is 11.6 Å². The van der Waals surface area contributed by atoms with Gasteiger partial charge >= 0.3 is 0 Å². The van der Waals surface area contributed by atoms with E-state index >= 15 is 0 Å². The minimum Gasteiger partial charge on any atom is -0.485 e. The van der Waals surface area contributed by atoms with Gasteiger partial charge in [0.2, 0.25) is 5.88 Å². The fraction of sp³-hybridized carbons (Fsp3) is 0.348. The summed E-state index contributed by atoms with van der Waals surface area (Å²) in [5, 5.41) is 2.03. The molecule has 0 radical (unpaired) electrons. The third-order valence-electron chi connectivity index (χ3n) is 5.62. The largest absolute Gasteiger partial charge is 0.485 e. The van der Waals surface area contributed by atoms with E-state index in [2.05, 4.69) is 9.97 Å². The van der Waals surface area contributed by atoms with Crippen LogP contribution in [0.1, 0.15) is 10.4 Å². The highest BCUT2D eigenvalue weighted by Crippen LogP contribution is 2.28. The van der Waals surface area contributed by atoms with E-state index in [-0.39, 0.29) is 24.2 Å². The Morgan fingerprint density at radius 2 is 1.87 bits per heavy atom. The molecule has 5 rings (SSSR count). The van der Waals surface area contributed by atoms with Crippen LogP contribution in [0, 0.1) is 0 Å². The topological polar surface area (TPSA) is 83.0 Å². The first-order valence-electron chi connectivity index (χ1n) is 10.2. The molecule has 1 amide bonds. The number of carbonyl (C=O) groups excluding carboxylic acids is 1. The number of ether oxygens (including phenoxy) is 4. The van der Waals surface area contributed by atoms with Gasteiger partial charge in [-0.15, -0.1) is 0 Å². The van der Waals surface area contributed by atoms with E-state index in [0.717, 1.165) is 16.5 Å². The number of nitrogens with zero attached hydrogens (tertiary/aromatic N) is 3. The number of hydrogen-bond donors (Lipinski definition) is 0. The van der Waals surface area contributed by atoms with Crippen LogP contribution in [-0.2, 0) is 9.47 Å². The van der Waals surface area contributed by atoms with Crippen molar-refractivity contribution < 1.29 is 23.7 Å². The van der Waals surface area contributed by atoms with Crippen LogP contribution in [0.3, 0.4) is 0 Å². The van der Waals surface area contributed by atoms with E-state index in [1.807, 2.05) is 30.5 Å². The van der Waals surface area contributed by atoms with Crippen molar-refractivity contribution >= 4 is 16.7 Å². The number of rotatable bonds is 4. The number of amides is 1. The number of methoxy groups -OCH3 is 1. The molecule has 1 aromatic carbocycles. The Morgan fingerprint density at radius 3 is 2.58 bits per heavy atom. The predicted molar refractivity (Wildman–Crippen MR) is 112 cm³/mol. The summed E-state index contributed by atoms with van der Waals surface area (Å²) in [6.07, 6.45) is 4.51. The molecule has 2 aliphatic rings. The van der Waals surface area contributed by atoms with E-state index in [9.17, 15) is 4.79 Å². The first kappa shape index (κ1) is 19.7. The molecule has 2 atom stereocenters. The molecule has 2 fully saturated rings. The lowest BCUT2D eigenvalue weighted by atomic mass is 10.1. The predicted octanol–water partition coefficient (Wildman–Crippen LogP) is 2.33. The third kappa shape index (κ3) is 4.04. The second kappa shape index (κ2) is 8.49. The quantitative estimate of drug-likeness (QED) is 0.639. The van der Waals surface area contributed by atoms with Crippen LogP contribution in [0.2, 0.25) is 0 Å². The zero-order valence-corrected chi connectivity index (χ0v) is 17.1.